The van der Waals surface area contributed by atoms with Crippen LogP contribution >= 0.6 is 0 Å². The van der Waals surface area contributed by atoms with E-state index in [9.17, 15) is 18.4 Å². The fourth-order valence-corrected chi connectivity index (χ4v) is 4.98. The Bertz CT molecular complexity index is 1190. The molecule has 2 aromatic carbocycles. The monoisotopic (exact) mass is 482 g/mol. The maximum Gasteiger partial charge on any atom is 0.243 e. The van der Waals surface area contributed by atoms with Crippen molar-refractivity contribution in [3.05, 3.63) is 66.0 Å². The topological polar surface area (TPSA) is 67.2 Å². The average Bonchev–Trinajstić information content (AvgIpc) is 3.22. The Morgan fingerprint density at radius 2 is 1.74 bits per heavy atom. The van der Waals surface area contributed by atoms with Crippen LogP contribution in [0, 0.1) is 17.6 Å². The molecular weight excluding hydrogens is 450 g/mol. The summed E-state index contributed by atoms with van der Waals surface area (Å²) in [6.07, 6.45) is 3.53. The minimum atomic E-state index is -0.972. The van der Waals surface area contributed by atoms with Crippen LogP contribution in [-0.2, 0) is 9.59 Å². The lowest BCUT2D eigenvalue weighted by Crippen LogP contribution is -2.49. The molecule has 8 heteroatoms. The number of hydrogen-bond donors (Lipinski definition) is 1. The smallest absolute Gasteiger partial charge is 0.243 e. The van der Waals surface area contributed by atoms with Gasteiger partial charge >= 0.3 is 0 Å². The molecule has 6 nitrogen and oxygen atoms in total. The van der Waals surface area contributed by atoms with E-state index in [2.05, 4.69) is 10.3 Å². The Morgan fingerprint density at radius 3 is 2.37 bits per heavy atom. The summed E-state index contributed by atoms with van der Waals surface area (Å²) in [5.41, 5.74) is 1.71. The molecule has 1 aromatic heterocycles. The van der Waals surface area contributed by atoms with Gasteiger partial charge in [0.05, 0.1) is 23.3 Å². The molecule has 186 valence electrons. The van der Waals surface area contributed by atoms with Gasteiger partial charge in [-0.15, -0.1) is 0 Å². The van der Waals surface area contributed by atoms with Gasteiger partial charge in [-0.25, -0.2) is 13.8 Å². The number of halogens is 2. The molecule has 35 heavy (non-hydrogen) atoms. The van der Waals surface area contributed by atoms with Crippen molar-refractivity contribution in [1.82, 2.24) is 19.8 Å². The molecule has 2 unspecified atom stereocenters. The molecule has 3 aromatic rings. The average molecular weight is 483 g/mol. The van der Waals surface area contributed by atoms with Gasteiger partial charge in [-0.2, -0.15) is 0 Å². The molecule has 0 spiro atoms. The molecule has 1 saturated heterocycles. The van der Waals surface area contributed by atoms with Crippen molar-refractivity contribution in [3.63, 3.8) is 0 Å². The van der Waals surface area contributed by atoms with Crippen molar-refractivity contribution < 1.29 is 18.4 Å². The van der Waals surface area contributed by atoms with Crippen LogP contribution in [-0.4, -0.2) is 45.4 Å². The number of nitrogens with zero attached hydrogens (tertiary/aromatic N) is 3. The van der Waals surface area contributed by atoms with Gasteiger partial charge in [-0.3, -0.25) is 9.59 Å². The second-order valence-electron chi connectivity index (χ2n) is 9.58. The van der Waals surface area contributed by atoms with Gasteiger partial charge in [-0.05, 0) is 30.7 Å². The summed E-state index contributed by atoms with van der Waals surface area (Å²) in [6.45, 7) is 7.00. The molecule has 1 fully saturated rings. The Balaban J connectivity index is 1.41. The van der Waals surface area contributed by atoms with Crippen molar-refractivity contribution in [2.45, 2.75) is 58.0 Å². The van der Waals surface area contributed by atoms with E-state index in [-0.39, 0.29) is 29.7 Å². The lowest BCUT2D eigenvalue weighted by atomic mass is 9.93. The Hall–Kier alpha value is -3.29. The molecule has 1 aliphatic heterocycles. The first kappa shape index (κ1) is 24.8. The molecule has 0 saturated carbocycles. The maximum atomic E-state index is 13.9. The summed E-state index contributed by atoms with van der Waals surface area (Å²) in [6, 6.07) is 11.3. The highest BCUT2D eigenvalue weighted by Gasteiger charge is 2.32. The number of imidazole rings is 1. The number of piperidine rings is 1. The fourth-order valence-electron chi connectivity index (χ4n) is 4.98. The van der Waals surface area contributed by atoms with Crippen molar-refractivity contribution in [3.8, 4) is 0 Å². The predicted octanol–water partition coefficient (Wildman–Crippen LogP) is 4.81. The molecule has 4 rings (SSSR count). The first-order chi connectivity index (χ1) is 16.8. The summed E-state index contributed by atoms with van der Waals surface area (Å²) in [5.74, 6) is -2.26. The van der Waals surface area contributed by atoms with Crippen molar-refractivity contribution >= 4 is 22.8 Å². The normalized spacial score (nSPS) is 16.5. The van der Waals surface area contributed by atoms with E-state index in [1.807, 2.05) is 56.0 Å². The highest BCUT2D eigenvalue weighted by Crippen LogP contribution is 2.27. The Labute approximate surface area is 204 Å². The molecule has 1 aliphatic rings. The van der Waals surface area contributed by atoms with Crippen molar-refractivity contribution in [2.24, 2.45) is 5.92 Å². The van der Waals surface area contributed by atoms with E-state index in [1.54, 1.807) is 4.57 Å². The minimum absolute atomic E-state index is 0.0615. The zero-order chi connectivity index (χ0) is 25.1. The molecule has 0 aliphatic carbocycles. The zero-order valence-corrected chi connectivity index (χ0v) is 20.4. The third kappa shape index (κ3) is 5.21. The van der Waals surface area contributed by atoms with Gasteiger partial charge in [0.15, 0.2) is 11.6 Å². The van der Waals surface area contributed by atoms with Crippen LogP contribution in [0.1, 0.15) is 57.6 Å². The van der Waals surface area contributed by atoms with Gasteiger partial charge in [0.2, 0.25) is 11.8 Å². The number of amides is 2. The van der Waals surface area contributed by atoms with Crippen LogP contribution in [0.25, 0.3) is 11.0 Å². The number of likely N-dealkylation sites (tertiary alicyclic amines) is 1. The number of carbonyl (C=O) groups excluding carboxylic acids is 2. The lowest BCUT2D eigenvalue weighted by molar-refractivity contribution is -0.134. The molecule has 1 N–H and O–H groups in total. The largest absolute Gasteiger partial charge is 0.351 e. The summed E-state index contributed by atoms with van der Waals surface area (Å²) in [4.78, 5) is 32.5. The molecular formula is C27H32F2N4O2. The quantitative estimate of drug-likeness (QED) is 0.525. The van der Waals surface area contributed by atoms with E-state index < -0.39 is 17.7 Å². The van der Waals surface area contributed by atoms with Gasteiger partial charge in [0.25, 0.3) is 0 Å². The SMILES string of the molecule is CCC(C(=O)N1CCC(NC(=O)C(C(C)C)n2cnc3cc(F)c(F)cc32)CC1)c1ccccc1. The third-order valence-electron chi connectivity index (χ3n) is 6.88. The van der Waals surface area contributed by atoms with Crippen LogP contribution in [0.3, 0.4) is 0 Å². The van der Waals surface area contributed by atoms with Gasteiger partial charge in [0.1, 0.15) is 6.04 Å². The van der Waals surface area contributed by atoms with Crippen LogP contribution in [0.15, 0.2) is 48.8 Å². The molecule has 2 atom stereocenters. The number of fused-ring (bicyclic) bond motifs is 1. The highest BCUT2D eigenvalue weighted by atomic mass is 19.2. The fraction of sp³-hybridized carbons (Fsp3) is 0.444. The number of aromatic nitrogens is 2. The maximum absolute atomic E-state index is 13.9. The number of benzene rings is 2. The highest BCUT2D eigenvalue weighted by molar-refractivity contribution is 5.85. The molecule has 0 radical (unpaired) electrons. The van der Waals surface area contributed by atoms with Crippen LogP contribution in [0.5, 0.6) is 0 Å². The Morgan fingerprint density at radius 1 is 1.09 bits per heavy atom. The van der Waals surface area contributed by atoms with E-state index in [1.165, 1.54) is 6.33 Å². The van der Waals surface area contributed by atoms with E-state index >= 15 is 0 Å². The number of nitrogens with one attached hydrogen (secondary N) is 1. The molecule has 2 heterocycles. The van der Waals surface area contributed by atoms with Gasteiger partial charge in [-0.1, -0.05) is 51.1 Å². The van der Waals surface area contributed by atoms with E-state index in [4.69, 9.17) is 0 Å². The Kier molecular flexibility index (Phi) is 7.48. The first-order valence-corrected chi connectivity index (χ1v) is 12.3. The van der Waals surface area contributed by atoms with Crippen LogP contribution in [0.4, 0.5) is 8.78 Å². The van der Waals surface area contributed by atoms with Crippen LogP contribution < -0.4 is 5.32 Å². The summed E-state index contributed by atoms with van der Waals surface area (Å²) in [5, 5.41) is 3.12. The van der Waals surface area contributed by atoms with Crippen molar-refractivity contribution in [1.29, 1.82) is 0 Å². The lowest BCUT2D eigenvalue weighted by Gasteiger charge is -2.35. The van der Waals surface area contributed by atoms with Crippen molar-refractivity contribution in [2.75, 3.05) is 13.1 Å². The number of hydrogen-bond acceptors (Lipinski definition) is 3. The number of rotatable bonds is 7. The van der Waals surface area contributed by atoms with E-state index in [0.29, 0.717) is 37.0 Å². The summed E-state index contributed by atoms with van der Waals surface area (Å²) >= 11 is 0. The standard InChI is InChI=1S/C27H32F2N4O2/c1-4-20(18-8-6-5-7-9-18)27(35)32-12-10-19(11-13-32)31-26(34)25(17(2)3)33-16-30-23-14-21(28)22(29)15-24(23)33/h5-9,14-17,19-20,25H,4,10-13H2,1-3H3,(H,31,34). The first-order valence-electron chi connectivity index (χ1n) is 12.3. The minimum Gasteiger partial charge on any atom is -0.351 e. The van der Waals surface area contributed by atoms with E-state index in [0.717, 1.165) is 24.1 Å². The summed E-state index contributed by atoms with van der Waals surface area (Å²) in [7, 11) is 0. The molecule has 0 bridgehead atoms. The number of carbonyl (C=O) groups is 2. The van der Waals surface area contributed by atoms with Crippen LogP contribution in [0.2, 0.25) is 0 Å². The summed E-state index contributed by atoms with van der Waals surface area (Å²) < 4.78 is 29.1. The van der Waals surface area contributed by atoms with Gasteiger partial charge < -0.3 is 14.8 Å². The van der Waals surface area contributed by atoms with Gasteiger partial charge in [0, 0.05) is 31.3 Å². The third-order valence-corrected chi connectivity index (χ3v) is 6.88. The predicted molar refractivity (Wildman–Crippen MR) is 131 cm³/mol. The zero-order valence-electron chi connectivity index (χ0n) is 20.4. The second-order valence-corrected chi connectivity index (χ2v) is 9.58. The second kappa shape index (κ2) is 10.5. The molecule has 2 amide bonds.